The Bertz CT molecular complexity index is 1550. The molecule has 0 atom stereocenters. The zero-order chi connectivity index (χ0) is 20.1. The summed E-state index contributed by atoms with van der Waals surface area (Å²) in [7, 11) is 0. The van der Waals surface area contributed by atoms with Gasteiger partial charge in [-0.25, -0.2) is 0 Å². The van der Waals surface area contributed by atoms with E-state index in [2.05, 4.69) is 116 Å². The lowest BCUT2D eigenvalue weighted by Crippen LogP contribution is -1.93. The van der Waals surface area contributed by atoms with E-state index in [1.54, 1.807) is 0 Å². The molecule has 0 saturated heterocycles. The molecular formula is C26H16BrN3. The predicted octanol–water partition coefficient (Wildman–Crippen LogP) is 7.13. The quantitative estimate of drug-likeness (QED) is 0.281. The minimum Gasteiger partial charge on any atom is -0.281 e. The van der Waals surface area contributed by atoms with Crippen LogP contribution in [-0.2, 0) is 0 Å². The second-order valence-corrected chi connectivity index (χ2v) is 8.29. The summed E-state index contributed by atoms with van der Waals surface area (Å²) in [4.78, 5) is 0. The summed E-state index contributed by atoms with van der Waals surface area (Å²) < 4.78 is 3.15. The third-order valence-electron chi connectivity index (χ3n) is 5.58. The molecule has 30 heavy (non-hydrogen) atoms. The molecule has 2 aromatic heterocycles. The molecule has 0 aliphatic rings. The molecule has 0 fully saturated rings. The summed E-state index contributed by atoms with van der Waals surface area (Å²) >= 11 is 3.51. The SMILES string of the molecule is Brc1ccc(-c2nnc3c4ccccc4c(-c4ccc5ccccc5c4)cn23)cc1. The van der Waals surface area contributed by atoms with Crippen molar-refractivity contribution < 1.29 is 0 Å². The maximum Gasteiger partial charge on any atom is 0.169 e. The van der Waals surface area contributed by atoms with Gasteiger partial charge in [0.2, 0.25) is 0 Å². The molecule has 4 heteroatoms. The van der Waals surface area contributed by atoms with Crippen LogP contribution in [0.2, 0.25) is 0 Å². The summed E-state index contributed by atoms with van der Waals surface area (Å²) in [5.41, 5.74) is 4.25. The number of pyridine rings is 1. The Labute approximate surface area is 181 Å². The molecule has 6 aromatic rings. The summed E-state index contributed by atoms with van der Waals surface area (Å²) in [5.74, 6) is 0.838. The van der Waals surface area contributed by atoms with Crippen LogP contribution in [-0.4, -0.2) is 14.6 Å². The second-order valence-electron chi connectivity index (χ2n) is 7.37. The summed E-state index contributed by atoms with van der Waals surface area (Å²) in [6.45, 7) is 0. The van der Waals surface area contributed by atoms with E-state index in [4.69, 9.17) is 0 Å². The fourth-order valence-corrected chi connectivity index (χ4v) is 4.36. The second kappa shape index (κ2) is 6.78. The van der Waals surface area contributed by atoms with Crippen LogP contribution in [0.3, 0.4) is 0 Å². The number of rotatable bonds is 2. The van der Waals surface area contributed by atoms with Crippen molar-refractivity contribution in [2.45, 2.75) is 0 Å². The lowest BCUT2D eigenvalue weighted by atomic mass is 9.98. The molecule has 6 rings (SSSR count). The van der Waals surface area contributed by atoms with E-state index >= 15 is 0 Å². The van der Waals surface area contributed by atoms with Crippen molar-refractivity contribution in [2.75, 3.05) is 0 Å². The number of benzene rings is 4. The number of hydrogen-bond acceptors (Lipinski definition) is 2. The van der Waals surface area contributed by atoms with Crippen LogP contribution in [0.4, 0.5) is 0 Å². The number of halogens is 1. The normalized spacial score (nSPS) is 11.5. The lowest BCUT2D eigenvalue weighted by molar-refractivity contribution is 1.11. The van der Waals surface area contributed by atoms with Gasteiger partial charge in [-0.1, -0.05) is 88.7 Å². The molecule has 0 amide bonds. The van der Waals surface area contributed by atoms with Gasteiger partial charge in [0, 0.05) is 27.2 Å². The first kappa shape index (κ1) is 17.4. The topological polar surface area (TPSA) is 30.2 Å². The molecule has 0 spiro atoms. The Morgan fingerprint density at radius 3 is 2.17 bits per heavy atom. The summed E-state index contributed by atoms with van der Waals surface area (Å²) in [6, 6.07) is 31.7. The van der Waals surface area contributed by atoms with Gasteiger partial charge >= 0.3 is 0 Å². The fourth-order valence-electron chi connectivity index (χ4n) is 4.09. The molecule has 2 heterocycles. The van der Waals surface area contributed by atoms with Gasteiger partial charge in [0.05, 0.1) is 0 Å². The van der Waals surface area contributed by atoms with Crippen LogP contribution in [0.1, 0.15) is 0 Å². The largest absolute Gasteiger partial charge is 0.281 e. The molecule has 142 valence electrons. The molecule has 4 aromatic carbocycles. The van der Waals surface area contributed by atoms with Crippen LogP contribution in [0, 0.1) is 0 Å². The Morgan fingerprint density at radius 1 is 0.633 bits per heavy atom. The van der Waals surface area contributed by atoms with Crippen LogP contribution in [0.25, 0.3) is 49.7 Å². The summed E-state index contributed by atoms with van der Waals surface area (Å²) in [6.07, 6.45) is 2.17. The van der Waals surface area contributed by atoms with E-state index < -0.39 is 0 Å². The van der Waals surface area contributed by atoms with Crippen molar-refractivity contribution in [1.82, 2.24) is 14.6 Å². The first-order valence-electron chi connectivity index (χ1n) is 9.79. The number of fused-ring (bicyclic) bond motifs is 4. The maximum atomic E-state index is 4.53. The maximum absolute atomic E-state index is 4.53. The third kappa shape index (κ3) is 2.72. The lowest BCUT2D eigenvalue weighted by Gasteiger charge is -2.11. The molecule has 0 saturated carbocycles. The minimum absolute atomic E-state index is 0.838. The molecule has 0 unspecified atom stereocenters. The van der Waals surface area contributed by atoms with Crippen molar-refractivity contribution in [1.29, 1.82) is 0 Å². The highest BCUT2D eigenvalue weighted by Crippen LogP contribution is 2.34. The standard InChI is InChI=1S/C26H16BrN3/c27-21-13-11-18(12-14-21)25-28-29-26-23-8-4-3-7-22(23)24(16-30(25)26)20-10-9-17-5-1-2-6-19(17)15-20/h1-16H. The first-order valence-corrected chi connectivity index (χ1v) is 10.6. The van der Waals surface area contributed by atoms with E-state index in [1.807, 2.05) is 12.1 Å². The van der Waals surface area contributed by atoms with Crippen molar-refractivity contribution in [3.8, 4) is 22.5 Å². The van der Waals surface area contributed by atoms with Crippen molar-refractivity contribution in [3.63, 3.8) is 0 Å². The van der Waals surface area contributed by atoms with Gasteiger partial charge in [-0.2, -0.15) is 0 Å². The molecular weight excluding hydrogens is 434 g/mol. The van der Waals surface area contributed by atoms with E-state index in [1.165, 1.54) is 27.3 Å². The average molecular weight is 450 g/mol. The van der Waals surface area contributed by atoms with Crippen molar-refractivity contribution in [3.05, 3.63) is 102 Å². The molecule has 0 radical (unpaired) electrons. The first-order chi connectivity index (χ1) is 14.8. The number of aromatic nitrogens is 3. The molecule has 0 N–H and O–H groups in total. The zero-order valence-electron chi connectivity index (χ0n) is 16.0. The van der Waals surface area contributed by atoms with Crippen LogP contribution >= 0.6 is 15.9 Å². The molecule has 0 aliphatic heterocycles. The Morgan fingerprint density at radius 2 is 1.33 bits per heavy atom. The van der Waals surface area contributed by atoms with Gasteiger partial charge in [0.25, 0.3) is 0 Å². The smallest absolute Gasteiger partial charge is 0.169 e. The van der Waals surface area contributed by atoms with Gasteiger partial charge in [-0.15, -0.1) is 10.2 Å². The highest BCUT2D eigenvalue weighted by Gasteiger charge is 2.15. The van der Waals surface area contributed by atoms with Crippen LogP contribution in [0.5, 0.6) is 0 Å². The highest BCUT2D eigenvalue weighted by atomic mass is 79.9. The predicted molar refractivity (Wildman–Crippen MR) is 127 cm³/mol. The average Bonchev–Trinajstić information content (AvgIpc) is 3.23. The van der Waals surface area contributed by atoms with E-state index in [0.717, 1.165) is 26.9 Å². The summed E-state index contributed by atoms with van der Waals surface area (Å²) in [5, 5.41) is 13.8. The fraction of sp³-hybridized carbons (Fsp3) is 0. The Hall–Kier alpha value is -3.50. The Kier molecular flexibility index (Phi) is 3.93. The van der Waals surface area contributed by atoms with Gasteiger partial charge in [-0.05, 0) is 39.9 Å². The van der Waals surface area contributed by atoms with Gasteiger partial charge in [0.15, 0.2) is 11.5 Å². The minimum atomic E-state index is 0.838. The number of hydrogen-bond donors (Lipinski definition) is 0. The van der Waals surface area contributed by atoms with Crippen molar-refractivity contribution >= 4 is 43.1 Å². The van der Waals surface area contributed by atoms with Crippen molar-refractivity contribution in [2.24, 2.45) is 0 Å². The highest BCUT2D eigenvalue weighted by molar-refractivity contribution is 9.10. The van der Waals surface area contributed by atoms with E-state index in [9.17, 15) is 0 Å². The van der Waals surface area contributed by atoms with E-state index in [0.29, 0.717) is 0 Å². The van der Waals surface area contributed by atoms with Crippen LogP contribution < -0.4 is 0 Å². The van der Waals surface area contributed by atoms with Gasteiger partial charge in [0.1, 0.15) is 0 Å². The zero-order valence-corrected chi connectivity index (χ0v) is 17.5. The van der Waals surface area contributed by atoms with E-state index in [-0.39, 0.29) is 0 Å². The van der Waals surface area contributed by atoms with Crippen LogP contribution in [0.15, 0.2) is 102 Å². The molecule has 3 nitrogen and oxygen atoms in total. The number of nitrogens with zero attached hydrogens (tertiary/aromatic N) is 3. The molecule has 0 bridgehead atoms. The molecule has 0 aliphatic carbocycles. The monoisotopic (exact) mass is 449 g/mol. The van der Waals surface area contributed by atoms with Gasteiger partial charge < -0.3 is 0 Å². The third-order valence-corrected chi connectivity index (χ3v) is 6.10. The van der Waals surface area contributed by atoms with Gasteiger partial charge in [-0.3, -0.25) is 4.40 Å². The Balaban J connectivity index is 1.67.